The molecule has 1 aromatic heterocycles. The third-order valence-corrected chi connectivity index (χ3v) is 4.75. The standard InChI is InChI=1S/C17H16F2N2O3S/c18-17(19)24-14-3-1-12(2-4-14)9-20-23-11-16(22)21-7-5-15-13(10-21)6-8-25-15/h1-4,6,8-9,17H,5,7,10-11H2/b20-9+. The number of carbonyl (C=O) groups excluding carboxylic acids is 1. The number of halogens is 2. The number of hydrogen-bond acceptors (Lipinski definition) is 5. The molecule has 2 heterocycles. The Morgan fingerprint density at radius 2 is 2.12 bits per heavy atom. The van der Waals surface area contributed by atoms with E-state index in [0.717, 1.165) is 6.42 Å². The molecular weight excluding hydrogens is 350 g/mol. The summed E-state index contributed by atoms with van der Waals surface area (Å²) in [6, 6.07) is 7.99. The van der Waals surface area contributed by atoms with Crippen molar-refractivity contribution in [3.63, 3.8) is 0 Å². The lowest BCUT2D eigenvalue weighted by molar-refractivity contribution is -0.137. The molecule has 8 heteroatoms. The van der Waals surface area contributed by atoms with Crippen molar-refractivity contribution in [1.82, 2.24) is 4.90 Å². The third-order valence-electron chi connectivity index (χ3n) is 3.73. The number of ether oxygens (including phenoxy) is 1. The predicted molar refractivity (Wildman–Crippen MR) is 90.1 cm³/mol. The molecule has 3 rings (SSSR count). The Balaban J connectivity index is 1.44. The highest BCUT2D eigenvalue weighted by Crippen LogP contribution is 2.23. The van der Waals surface area contributed by atoms with Crippen molar-refractivity contribution in [1.29, 1.82) is 0 Å². The molecule has 1 amide bonds. The first-order valence-corrected chi connectivity index (χ1v) is 8.53. The number of fused-ring (bicyclic) bond motifs is 1. The Hall–Kier alpha value is -2.48. The molecule has 2 aromatic rings. The van der Waals surface area contributed by atoms with Crippen LogP contribution in [0.2, 0.25) is 0 Å². The van der Waals surface area contributed by atoms with Crippen LogP contribution in [0.1, 0.15) is 16.0 Å². The zero-order chi connectivity index (χ0) is 17.6. The van der Waals surface area contributed by atoms with E-state index in [4.69, 9.17) is 4.84 Å². The first-order valence-electron chi connectivity index (χ1n) is 7.65. The summed E-state index contributed by atoms with van der Waals surface area (Å²) in [6.45, 7) is -1.70. The van der Waals surface area contributed by atoms with Crippen molar-refractivity contribution in [2.24, 2.45) is 5.16 Å². The van der Waals surface area contributed by atoms with Gasteiger partial charge in [-0.05, 0) is 53.3 Å². The summed E-state index contributed by atoms with van der Waals surface area (Å²) in [6.07, 6.45) is 2.28. The van der Waals surface area contributed by atoms with E-state index in [2.05, 4.69) is 9.89 Å². The first kappa shape index (κ1) is 17.3. The van der Waals surface area contributed by atoms with E-state index in [1.165, 1.54) is 28.8 Å². The lowest BCUT2D eigenvalue weighted by atomic mass is 10.1. The molecule has 1 aliphatic heterocycles. The Morgan fingerprint density at radius 3 is 2.88 bits per heavy atom. The van der Waals surface area contributed by atoms with Gasteiger partial charge in [0.2, 0.25) is 0 Å². The second-order valence-corrected chi connectivity index (χ2v) is 6.39. The summed E-state index contributed by atoms with van der Waals surface area (Å²) in [7, 11) is 0. The fourth-order valence-electron chi connectivity index (χ4n) is 2.48. The maximum Gasteiger partial charge on any atom is 0.387 e. The lowest BCUT2D eigenvalue weighted by Crippen LogP contribution is -2.37. The van der Waals surface area contributed by atoms with Crippen molar-refractivity contribution in [3.05, 3.63) is 51.7 Å². The van der Waals surface area contributed by atoms with Crippen LogP contribution in [0.15, 0.2) is 40.9 Å². The van der Waals surface area contributed by atoms with Crippen molar-refractivity contribution < 1.29 is 23.1 Å². The Labute approximate surface area is 147 Å². The lowest BCUT2D eigenvalue weighted by Gasteiger charge is -2.26. The maximum atomic E-state index is 12.1. The normalized spacial score (nSPS) is 14.0. The molecule has 0 unspecified atom stereocenters. The average molecular weight is 366 g/mol. The number of thiophene rings is 1. The van der Waals surface area contributed by atoms with E-state index in [0.29, 0.717) is 18.7 Å². The van der Waals surface area contributed by atoms with Gasteiger partial charge in [-0.1, -0.05) is 5.16 Å². The Morgan fingerprint density at radius 1 is 1.32 bits per heavy atom. The van der Waals surface area contributed by atoms with Gasteiger partial charge in [-0.15, -0.1) is 11.3 Å². The summed E-state index contributed by atoms with van der Waals surface area (Å²) in [4.78, 5) is 20.3. The van der Waals surface area contributed by atoms with E-state index in [1.807, 2.05) is 11.4 Å². The summed E-state index contributed by atoms with van der Waals surface area (Å²) in [5.41, 5.74) is 1.84. The van der Waals surface area contributed by atoms with E-state index >= 15 is 0 Å². The number of hydrogen-bond donors (Lipinski definition) is 0. The first-order chi connectivity index (χ1) is 12.1. The Kier molecular flexibility index (Phi) is 5.60. The van der Waals surface area contributed by atoms with Crippen LogP contribution < -0.4 is 4.74 Å². The van der Waals surface area contributed by atoms with Crippen LogP contribution in [0, 0.1) is 0 Å². The predicted octanol–water partition coefficient (Wildman–Crippen LogP) is 3.28. The van der Waals surface area contributed by atoms with Crippen LogP contribution in [0.5, 0.6) is 5.75 Å². The van der Waals surface area contributed by atoms with E-state index < -0.39 is 6.61 Å². The maximum absolute atomic E-state index is 12.1. The molecule has 5 nitrogen and oxygen atoms in total. The van der Waals surface area contributed by atoms with Crippen LogP contribution >= 0.6 is 11.3 Å². The molecule has 0 fully saturated rings. The molecule has 0 saturated heterocycles. The van der Waals surface area contributed by atoms with Gasteiger partial charge in [-0.2, -0.15) is 8.78 Å². The minimum Gasteiger partial charge on any atom is -0.435 e. The van der Waals surface area contributed by atoms with Gasteiger partial charge in [0.25, 0.3) is 5.91 Å². The molecule has 1 aromatic carbocycles. The van der Waals surface area contributed by atoms with E-state index in [1.54, 1.807) is 28.4 Å². The number of amides is 1. The van der Waals surface area contributed by atoms with Crippen molar-refractivity contribution >= 4 is 23.5 Å². The second-order valence-electron chi connectivity index (χ2n) is 5.39. The number of rotatable bonds is 6. The molecule has 0 radical (unpaired) electrons. The van der Waals surface area contributed by atoms with Gasteiger partial charge in [-0.3, -0.25) is 4.79 Å². The topological polar surface area (TPSA) is 51.1 Å². The summed E-state index contributed by atoms with van der Waals surface area (Å²) >= 11 is 1.72. The molecule has 0 saturated carbocycles. The van der Waals surface area contributed by atoms with Crippen LogP contribution in [0.25, 0.3) is 0 Å². The number of carbonyl (C=O) groups is 1. The summed E-state index contributed by atoms with van der Waals surface area (Å²) in [5.74, 6) is -0.0455. The minimum atomic E-state index is -2.85. The van der Waals surface area contributed by atoms with Gasteiger partial charge >= 0.3 is 6.61 Å². The van der Waals surface area contributed by atoms with Gasteiger partial charge in [-0.25, -0.2) is 0 Å². The number of oxime groups is 1. The number of nitrogens with zero attached hydrogens (tertiary/aromatic N) is 2. The van der Waals surface area contributed by atoms with Gasteiger partial charge in [0.1, 0.15) is 5.75 Å². The monoisotopic (exact) mass is 366 g/mol. The van der Waals surface area contributed by atoms with Crippen LogP contribution in [0.4, 0.5) is 8.78 Å². The van der Waals surface area contributed by atoms with Gasteiger partial charge in [0, 0.05) is 18.0 Å². The molecule has 0 bridgehead atoms. The van der Waals surface area contributed by atoms with E-state index in [9.17, 15) is 13.6 Å². The van der Waals surface area contributed by atoms with Gasteiger partial charge < -0.3 is 14.5 Å². The highest BCUT2D eigenvalue weighted by atomic mass is 32.1. The van der Waals surface area contributed by atoms with Crippen LogP contribution in [-0.4, -0.2) is 36.8 Å². The average Bonchev–Trinajstić information content (AvgIpc) is 3.07. The minimum absolute atomic E-state index is 0.0705. The molecule has 0 spiro atoms. The van der Waals surface area contributed by atoms with Crippen LogP contribution in [0.3, 0.4) is 0 Å². The molecule has 132 valence electrons. The Bertz CT molecular complexity index is 747. The number of benzene rings is 1. The molecule has 0 N–H and O–H groups in total. The molecule has 1 aliphatic rings. The zero-order valence-electron chi connectivity index (χ0n) is 13.2. The molecule has 0 atom stereocenters. The largest absolute Gasteiger partial charge is 0.435 e. The summed E-state index contributed by atoms with van der Waals surface area (Å²) < 4.78 is 28.4. The highest BCUT2D eigenvalue weighted by Gasteiger charge is 2.21. The fraction of sp³-hybridized carbons (Fsp3) is 0.294. The highest BCUT2D eigenvalue weighted by molar-refractivity contribution is 7.10. The van der Waals surface area contributed by atoms with Gasteiger partial charge in [0.15, 0.2) is 6.61 Å². The quantitative estimate of drug-likeness (QED) is 0.582. The zero-order valence-corrected chi connectivity index (χ0v) is 14.0. The van der Waals surface area contributed by atoms with E-state index in [-0.39, 0.29) is 18.3 Å². The van der Waals surface area contributed by atoms with Crippen molar-refractivity contribution in [3.8, 4) is 5.75 Å². The van der Waals surface area contributed by atoms with Crippen molar-refractivity contribution in [2.45, 2.75) is 19.6 Å². The molecule has 25 heavy (non-hydrogen) atoms. The third kappa shape index (κ3) is 4.76. The van der Waals surface area contributed by atoms with Crippen LogP contribution in [-0.2, 0) is 22.6 Å². The van der Waals surface area contributed by atoms with Gasteiger partial charge in [0.05, 0.1) is 6.21 Å². The molecular formula is C17H16F2N2O3S. The summed E-state index contributed by atoms with van der Waals surface area (Å²) in [5, 5.41) is 5.78. The second kappa shape index (κ2) is 8.06. The fourth-order valence-corrected chi connectivity index (χ4v) is 3.37. The smallest absolute Gasteiger partial charge is 0.387 e. The SMILES string of the molecule is O=C(CO/N=C/c1ccc(OC(F)F)cc1)N1CCc2sccc2C1. The van der Waals surface area contributed by atoms with Crippen molar-refractivity contribution in [2.75, 3.05) is 13.2 Å². The number of alkyl halides is 2. The molecule has 0 aliphatic carbocycles.